The van der Waals surface area contributed by atoms with Crippen LogP contribution in [0.3, 0.4) is 0 Å². The van der Waals surface area contributed by atoms with Crippen molar-refractivity contribution < 1.29 is 23.9 Å². The highest BCUT2D eigenvalue weighted by Gasteiger charge is 2.01. The number of rotatable bonds is 8. The minimum atomic E-state index is -0.467. The van der Waals surface area contributed by atoms with Gasteiger partial charge in [0.1, 0.15) is 6.61 Å². The van der Waals surface area contributed by atoms with Crippen LogP contribution in [-0.4, -0.2) is 37.8 Å². The third-order valence-electron chi connectivity index (χ3n) is 1.82. The van der Waals surface area contributed by atoms with Crippen molar-refractivity contribution in [3.8, 4) is 0 Å². The molecule has 118 valence electrons. The molecule has 0 N–H and O–H groups in total. The number of hydrogen-bond acceptors (Lipinski definition) is 7. The Morgan fingerprint density at radius 2 is 1.76 bits per heavy atom. The lowest BCUT2D eigenvalue weighted by atomic mass is 10.4. The van der Waals surface area contributed by atoms with Crippen molar-refractivity contribution in [3.05, 3.63) is 23.6 Å². The van der Waals surface area contributed by atoms with Gasteiger partial charge in [-0.05, 0) is 13.3 Å². The molecule has 6 nitrogen and oxygen atoms in total. The first-order valence-corrected chi connectivity index (χ1v) is 6.72. The molecule has 21 heavy (non-hydrogen) atoms. The molecule has 0 atom stereocenters. The van der Waals surface area contributed by atoms with E-state index in [1.807, 2.05) is 6.92 Å². The van der Waals surface area contributed by atoms with Gasteiger partial charge in [-0.2, -0.15) is 0 Å². The molecule has 0 saturated heterocycles. The zero-order chi connectivity index (χ0) is 16.7. The molecule has 0 rings (SSSR count). The van der Waals surface area contributed by atoms with Crippen molar-refractivity contribution in [1.29, 1.82) is 0 Å². The van der Waals surface area contributed by atoms with Crippen LogP contribution < -0.4 is 0 Å². The zero-order valence-electron chi connectivity index (χ0n) is 12.4. The van der Waals surface area contributed by atoms with Gasteiger partial charge in [0.05, 0.1) is 18.1 Å². The van der Waals surface area contributed by atoms with Crippen molar-refractivity contribution in [3.63, 3.8) is 0 Å². The second-order valence-electron chi connectivity index (χ2n) is 3.83. The number of hydrogen-bond donors (Lipinski definition) is 1. The highest BCUT2D eigenvalue weighted by atomic mass is 32.1. The SMILES string of the molecule is C=C(C)C(=O)OCCN=C=O.C=C(S)C(=O)OCCCC. The normalized spacial score (nSPS) is 8.52. The van der Waals surface area contributed by atoms with E-state index in [9.17, 15) is 14.4 Å². The number of unbranched alkanes of at least 4 members (excludes halogenated alkanes) is 1. The molecular weight excluding hydrogens is 294 g/mol. The smallest absolute Gasteiger partial charge is 0.343 e. The molecule has 0 aromatic rings. The van der Waals surface area contributed by atoms with Crippen LogP contribution in [0.25, 0.3) is 0 Å². The lowest BCUT2D eigenvalue weighted by Crippen LogP contribution is -2.07. The molecule has 0 aliphatic carbocycles. The molecule has 0 spiro atoms. The predicted octanol–water partition coefficient (Wildman–Crippen LogP) is 2.21. The number of carbonyl (C=O) groups is 2. The van der Waals surface area contributed by atoms with Crippen LogP contribution in [0, 0.1) is 0 Å². The quantitative estimate of drug-likeness (QED) is 0.185. The van der Waals surface area contributed by atoms with Gasteiger partial charge in [-0.25, -0.2) is 19.4 Å². The van der Waals surface area contributed by atoms with Crippen molar-refractivity contribution in [2.24, 2.45) is 4.99 Å². The molecule has 0 radical (unpaired) electrons. The topological polar surface area (TPSA) is 82.0 Å². The Balaban J connectivity index is 0. The lowest BCUT2D eigenvalue weighted by molar-refractivity contribution is -0.139. The minimum absolute atomic E-state index is 0.0981. The monoisotopic (exact) mass is 315 g/mol. The average molecular weight is 315 g/mol. The second kappa shape index (κ2) is 14.6. The first-order valence-electron chi connectivity index (χ1n) is 6.28. The molecule has 0 saturated carbocycles. The van der Waals surface area contributed by atoms with E-state index in [-0.39, 0.29) is 18.1 Å². The van der Waals surface area contributed by atoms with Crippen LogP contribution in [0.2, 0.25) is 0 Å². The molecule has 0 unspecified atom stereocenters. The van der Waals surface area contributed by atoms with Crippen LogP contribution in [0.4, 0.5) is 0 Å². The van der Waals surface area contributed by atoms with Crippen LogP contribution >= 0.6 is 12.6 Å². The molecule has 7 heteroatoms. The highest BCUT2D eigenvalue weighted by molar-refractivity contribution is 7.85. The van der Waals surface area contributed by atoms with Gasteiger partial charge in [-0.15, -0.1) is 12.6 Å². The Labute approximate surface area is 130 Å². The Hall–Kier alpha value is -1.85. The van der Waals surface area contributed by atoms with Gasteiger partial charge >= 0.3 is 11.9 Å². The van der Waals surface area contributed by atoms with Gasteiger partial charge in [0.15, 0.2) is 0 Å². The van der Waals surface area contributed by atoms with E-state index in [1.165, 1.54) is 6.08 Å². The van der Waals surface area contributed by atoms with E-state index >= 15 is 0 Å². The van der Waals surface area contributed by atoms with Crippen LogP contribution in [-0.2, 0) is 23.9 Å². The zero-order valence-corrected chi connectivity index (χ0v) is 13.3. The van der Waals surface area contributed by atoms with Crippen molar-refractivity contribution >= 4 is 30.6 Å². The maximum Gasteiger partial charge on any atom is 0.343 e. The summed E-state index contributed by atoms with van der Waals surface area (Å²) in [5, 5.41) is 0. The fourth-order valence-corrected chi connectivity index (χ4v) is 0.810. The maximum atomic E-state index is 10.6. The summed E-state index contributed by atoms with van der Waals surface area (Å²) in [6, 6.07) is 0. The molecule has 0 heterocycles. The van der Waals surface area contributed by atoms with E-state index in [2.05, 4.69) is 35.5 Å². The fraction of sp³-hybridized carbons (Fsp3) is 0.500. The number of aliphatic imine (C=N–C) groups is 1. The third kappa shape index (κ3) is 16.1. The first kappa shape index (κ1) is 21.4. The van der Waals surface area contributed by atoms with E-state index in [1.54, 1.807) is 6.92 Å². The molecule has 0 aromatic heterocycles. The first-order chi connectivity index (χ1) is 9.86. The van der Waals surface area contributed by atoms with Crippen molar-refractivity contribution in [1.82, 2.24) is 0 Å². The molecular formula is C14H21NO5S. The molecule has 0 aromatic carbocycles. The van der Waals surface area contributed by atoms with Crippen molar-refractivity contribution in [2.45, 2.75) is 26.7 Å². The van der Waals surface area contributed by atoms with Crippen LogP contribution in [0.5, 0.6) is 0 Å². The summed E-state index contributed by atoms with van der Waals surface area (Å²) in [5.41, 5.74) is 0.333. The van der Waals surface area contributed by atoms with Gasteiger partial charge in [0, 0.05) is 5.57 Å². The van der Waals surface area contributed by atoms with Gasteiger partial charge in [-0.1, -0.05) is 26.5 Å². The summed E-state index contributed by atoms with van der Waals surface area (Å²) in [7, 11) is 0. The highest BCUT2D eigenvalue weighted by Crippen LogP contribution is 1.99. The number of thiol groups is 1. The Bertz CT molecular complexity index is 414. The number of nitrogens with zero attached hydrogens (tertiary/aromatic N) is 1. The summed E-state index contributed by atoms with van der Waals surface area (Å²) in [4.78, 5) is 34.2. The molecule has 0 bridgehead atoms. The van der Waals surface area contributed by atoms with Gasteiger partial charge in [0.2, 0.25) is 6.08 Å². The summed E-state index contributed by atoms with van der Waals surface area (Å²) < 4.78 is 9.32. The lowest BCUT2D eigenvalue weighted by Gasteiger charge is -2.00. The predicted molar refractivity (Wildman–Crippen MR) is 82.8 cm³/mol. The summed E-state index contributed by atoms with van der Waals surface area (Å²) in [6.45, 7) is 11.0. The molecule has 0 fully saturated rings. The Morgan fingerprint density at radius 3 is 2.19 bits per heavy atom. The standard InChI is InChI=1S/C7H9NO3.C7H12O2S/c1-6(2)7(10)11-4-3-8-5-9;1-3-4-5-9-7(8)6(2)10/h1,3-4H2,2H3;10H,2-5H2,1H3. The number of ether oxygens (including phenoxy) is 2. The van der Waals surface area contributed by atoms with Crippen LogP contribution in [0.1, 0.15) is 26.7 Å². The largest absolute Gasteiger partial charge is 0.462 e. The van der Waals surface area contributed by atoms with Gasteiger partial charge in [-0.3, -0.25) is 0 Å². The molecule has 0 aliphatic heterocycles. The third-order valence-corrected chi connectivity index (χ3v) is 2.00. The van der Waals surface area contributed by atoms with Gasteiger partial charge < -0.3 is 9.47 Å². The molecule has 0 aliphatic rings. The maximum absolute atomic E-state index is 10.6. The van der Waals surface area contributed by atoms with E-state index in [4.69, 9.17) is 4.74 Å². The van der Waals surface area contributed by atoms with E-state index < -0.39 is 11.9 Å². The Kier molecular flexibility index (Phi) is 14.9. The van der Waals surface area contributed by atoms with Crippen molar-refractivity contribution in [2.75, 3.05) is 19.8 Å². The number of esters is 2. The van der Waals surface area contributed by atoms with E-state index in [0.29, 0.717) is 12.2 Å². The molecule has 0 amide bonds. The average Bonchev–Trinajstić information content (AvgIpc) is 2.44. The fourth-order valence-electron chi connectivity index (χ4n) is 0.745. The second-order valence-corrected chi connectivity index (χ2v) is 4.37. The Morgan fingerprint density at radius 1 is 1.19 bits per heavy atom. The summed E-state index contributed by atoms with van der Waals surface area (Å²) in [5.74, 6) is -0.886. The summed E-state index contributed by atoms with van der Waals surface area (Å²) in [6.07, 6.45) is 3.25. The minimum Gasteiger partial charge on any atom is -0.462 e. The summed E-state index contributed by atoms with van der Waals surface area (Å²) >= 11 is 3.73. The van der Waals surface area contributed by atoms with E-state index in [0.717, 1.165) is 12.8 Å². The van der Waals surface area contributed by atoms with Crippen LogP contribution in [0.15, 0.2) is 28.6 Å². The van der Waals surface area contributed by atoms with Gasteiger partial charge in [0.25, 0.3) is 0 Å². The number of carbonyl (C=O) groups excluding carboxylic acids is 3. The number of isocyanates is 1.